The van der Waals surface area contributed by atoms with E-state index in [1.165, 1.54) is 0 Å². The largest absolute Gasteiger partial charge is 0.495 e. The summed E-state index contributed by atoms with van der Waals surface area (Å²) in [7, 11) is 1.68. The number of carbonyl (C=O) groups excluding carboxylic acids is 2. The van der Waals surface area contributed by atoms with Crippen LogP contribution in [0.15, 0.2) is 42.5 Å². The SMILES string of the molecule is COc1ccccc1N1CCC(NC(=O)Nc2ccc3c(c2)OCC(=O)N3)CC1. The zero-order valence-electron chi connectivity index (χ0n) is 16.2. The smallest absolute Gasteiger partial charge is 0.319 e. The number of piperidine rings is 1. The normalized spacial score (nSPS) is 16.3. The number of urea groups is 1. The zero-order chi connectivity index (χ0) is 20.2. The number of anilines is 3. The monoisotopic (exact) mass is 396 g/mol. The summed E-state index contributed by atoms with van der Waals surface area (Å²) in [6.07, 6.45) is 1.70. The Balaban J connectivity index is 1.30. The molecule has 0 atom stereocenters. The third-order valence-corrected chi connectivity index (χ3v) is 5.13. The second-order valence-corrected chi connectivity index (χ2v) is 7.08. The van der Waals surface area contributed by atoms with Crippen molar-refractivity contribution in [3.63, 3.8) is 0 Å². The van der Waals surface area contributed by atoms with E-state index in [1.54, 1.807) is 25.3 Å². The van der Waals surface area contributed by atoms with Gasteiger partial charge in [-0.3, -0.25) is 4.79 Å². The lowest BCUT2D eigenvalue weighted by Crippen LogP contribution is -2.46. The molecular weight excluding hydrogens is 372 g/mol. The van der Waals surface area contributed by atoms with Crippen molar-refractivity contribution >= 4 is 29.0 Å². The van der Waals surface area contributed by atoms with E-state index in [-0.39, 0.29) is 24.6 Å². The van der Waals surface area contributed by atoms with Crippen molar-refractivity contribution in [3.8, 4) is 11.5 Å². The maximum atomic E-state index is 12.4. The number of benzene rings is 2. The number of hydrogen-bond donors (Lipinski definition) is 3. The molecule has 0 aromatic heterocycles. The molecular formula is C21H24N4O4. The Morgan fingerprint density at radius 1 is 1.21 bits per heavy atom. The van der Waals surface area contributed by atoms with Gasteiger partial charge in [-0.05, 0) is 37.1 Å². The van der Waals surface area contributed by atoms with Gasteiger partial charge in [-0.15, -0.1) is 0 Å². The minimum absolute atomic E-state index is 0.0204. The van der Waals surface area contributed by atoms with Crippen LogP contribution in [0.5, 0.6) is 11.5 Å². The standard InChI is InChI=1S/C21H24N4O4/c1-28-18-5-3-2-4-17(18)25-10-8-14(9-11-25)22-21(27)23-15-6-7-16-19(12-15)29-13-20(26)24-16/h2-7,12,14H,8-11,13H2,1H3,(H,24,26)(H2,22,23,27). The van der Waals surface area contributed by atoms with E-state index in [1.807, 2.05) is 18.2 Å². The highest BCUT2D eigenvalue weighted by Gasteiger charge is 2.23. The highest BCUT2D eigenvalue weighted by atomic mass is 16.5. The van der Waals surface area contributed by atoms with Crippen molar-refractivity contribution in [2.75, 3.05) is 42.3 Å². The lowest BCUT2D eigenvalue weighted by Gasteiger charge is -2.34. The van der Waals surface area contributed by atoms with Gasteiger partial charge in [-0.1, -0.05) is 12.1 Å². The van der Waals surface area contributed by atoms with Crippen LogP contribution in [0, 0.1) is 0 Å². The lowest BCUT2D eigenvalue weighted by atomic mass is 10.0. The van der Waals surface area contributed by atoms with E-state index in [2.05, 4.69) is 26.9 Å². The third-order valence-electron chi connectivity index (χ3n) is 5.13. The summed E-state index contributed by atoms with van der Waals surface area (Å²) < 4.78 is 10.8. The number of ether oxygens (including phenoxy) is 2. The molecule has 2 aromatic rings. The molecule has 2 aliphatic heterocycles. The predicted molar refractivity (Wildman–Crippen MR) is 111 cm³/mol. The van der Waals surface area contributed by atoms with Gasteiger partial charge in [0, 0.05) is 30.9 Å². The molecule has 0 unspecified atom stereocenters. The van der Waals surface area contributed by atoms with Gasteiger partial charge in [0.05, 0.1) is 18.5 Å². The van der Waals surface area contributed by atoms with Crippen molar-refractivity contribution < 1.29 is 19.1 Å². The number of nitrogens with zero attached hydrogens (tertiary/aromatic N) is 1. The number of amides is 3. The second kappa shape index (κ2) is 8.30. The number of methoxy groups -OCH3 is 1. The Kier molecular flexibility index (Phi) is 5.41. The molecule has 1 fully saturated rings. The number of rotatable bonds is 4. The van der Waals surface area contributed by atoms with Crippen LogP contribution < -0.4 is 30.3 Å². The predicted octanol–water partition coefficient (Wildman–Crippen LogP) is 2.82. The summed E-state index contributed by atoms with van der Waals surface area (Å²) >= 11 is 0. The fourth-order valence-electron chi connectivity index (χ4n) is 3.66. The van der Waals surface area contributed by atoms with E-state index in [0.29, 0.717) is 17.1 Å². The highest BCUT2D eigenvalue weighted by Crippen LogP contribution is 2.31. The van der Waals surface area contributed by atoms with Crippen LogP contribution in [0.25, 0.3) is 0 Å². The van der Waals surface area contributed by atoms with E-state index in [0.717, 1.165) is 37.4 Å². The van der Waals surface area contributed by atoms with Crippen molar-refractivity contribution in [1.82, 2.24) is 5.32 Å². The molecule has 152 valence electrons. The molecule has 2 aromatic carbocycles. The molecule has 8 nitrogen and oxygen atoms in total. The fourth-order valence-corrected chi connectivity index (χ4v) is 3.66. The van der Waals surface area contributed by atoms with Gasteiger partial charge in [0.2, 0.25) is 0 Å². The lowest BCUT2D eigenvalue weighted by molar-refractivity contribution is -0.118. The molecule has 2 aliphatic rings. The van der Waals surface area contributed by atoms with Gasteiger partial charge in [0.25, 0.3) is 5.91 Å². The first-order valence-corrected chi connectivity index (χ1v) is 9.64. The van der Waals surface area contributed by atoms with Crippen LogP contribution in [0.1, 0.15) is 12.8 Å². The summed E-state index contributed by atoms with van der Waals surface area (Å²) in [6.45, 7) is 1.67. The molecule has 2 heterocycles. The van der Waals surface area contributed by atoms with E-state index < -0.39 is 0 Å². The van der Waals surface area contributed by atoms with Gasteiger partial charge in [-0.2, -0.15) is 0 Å². The first-order valence-electron chi connectivity index (χ1n) is 9.64. The molecule has 0 saturated carbocycles. The van der Waals surface area contributed by atoms with E-state index >= 15 is 0 Å². The highest BCUT2D eigenvalue weighted by molar-refractivity contribution is 5.96. The third kappa shape index (κ3) is 4.37. The summed E-state index contributed by atoms with van der Waals surface area (Å²) in [5.74, 6) is 1.23. The maximum absolute atomic E-state index is 12.4. The molecule has 1 saturated heterocycles. The van der Waals surface area contributed by atoms with Crippen LogP contribution in [0.3, 0.4) is 0 Å². The van der Waals surface area contributed by atoms with Crippen LogP contribution >= 0.6 is 0 Å². The Hall–Kier alpha value is -3.42. The summed E-state index contributed by atoms with van der Waals surface area (Å²) in [5, 5.41) is 8.60. The summed E-state index contributed by atoms with van der Waals surface area (Å²) in [4.78, 5) is 26.0. The summed E-state index contributed by atoms with van der Waals surface area (Å²) in [6, 6.07) is 13.0. The van der Waals surface area contributed by atoms with Gasteiger partial charge in [0.1, 0.15) is 11.5 Å². The number of para-hydroxylation sites is 2. The molecule has 0 aliphatic carbocycles. The average Bonchev–Trinajstić information content (AvgIpc) is 2.74. The molecule has 0 spiro atoms. The van der Waals surface area contributed by atoms with Crippen LogP contribution in [-0.4, -0.2) is 44.8 Å². The number of carbonyl (C=O) groups is 2. The van der Waals surface area contributed by atoms with Crippen molar-refractivity contribution in [3.05, 3.63) is 42.5 Å². The Morgan fingerprint density at radius 3 is 2.79 bits per heavy atom. The number of hydrogen-bond acceptors (Lipinski definition) is 5. The first-order chi connectivity index (χ1) is 14.1. The van der Waals surface area contributed by atoms with E-state index in [4.69, 9.17) is 9.47 Å². The quantitative estimate of drug-likeness (QED) is 0.739. The van der Waals surface area contributed by atoms with Crippen molar-refractivity contribution in [2.24, 2.45) is 0 Å². The topological polar surface area (TPSA) is 91.9 Å². The Bertz CT molecular complexity index is 909. The Morgan fingerprint density at radius 2 is 2.00 bits per heavy atom. The summed E-state index contributed by atoms with van der Waals surface area (Å²) in [5.41, 5.74) is 2.30. The molecule has 0 bridgehead atoms. The minimum atomic E-state index is -0.250. The van der Waals surface area contributed by atoms with E-state index in [9.17, 15) is 9.59 Å². The van der Waals surface area contributed by atoms with Gasteiger partial charge < -0.3 is 30.3 Å². The molecule has 3 N–H and O–H groups in total. The molecule has 0 radical (unpaired) electrons. The second-order valence-electron chi connectivity index (χ2n) is 7.08. The Labute approximate surface area is 169 Å². The molecule has 8 heteroatoms. The van der Waals surface area contributed by atoms with Crippen molar-refractivity contribution in [1.29, 1.82) is 0 Å². The minimum Gasteiger partial charge on any atom is -0.495 e. The fraction of sp³-hybridized carbons (Fsp3) is 0.333. The average molecular weight is 396 g/mol. The zero-order valence-corrected chi connectivity index (χ0v) is 16.2. The van der Waals surface area contributed by atoms with Crippen molar-refractivity contribution in [2.45, 2.75) is 18.9 Å². The maximum Gasteiger partial charge on any atom is 0.319 e. The molecule has 29 heavy (non-hydrogen) atoms. The number of nitrogens with one attached hydrogen (secondary N) is 3. The molecule has 4 rings (SSSR count). The van der Waals surface area contributed by atoms with Crippen LogP contribution in [0.2, 0.25) is 0 Å². The van der Waals surface area contributed by atoms with Crippen LogP contribution in [0.4, 0.5) is 21.9 Å². The first kappa shape index (κ1) is 18.9. The van der Waals surface area contributed by atoms with Gasteiger partial charge in [0.15, 0.2) is 6.61 Å². The van der Waals surface area contributed by atoms with Crippen LogP contribution in [-0.2, 0) is 4.79 Å². The molecule has 3 amide bonds. The van der Waals surface area contributed by atoms with Gasteiger partial charge in [-0.25, -0.2) is 4.79 Å². The van der Waals surface area contributed by atoms with Gasteiger partial charge >= 0.3 is 6.03 Å². The number of fused-ring (bicyclic) bond motifs is 1.